The minimum Gasteiger partial charge on any atom is -0.497 e. The van der Waals surface area contributed by atoms with E-state index in [1.807, 2.05) is 0 Å². The maximum atomic E-state index is 12.5. The third-order valence-electron chi connectivity index (χ3n) is 3.38. The first-order valence-electron chi connectivity index (χ1n) is 7.04. The predicted octanol–water partition coefficient (Wildman–Crippen LogP) is 1.61. The monoisotopic (exact) mass is 366 g/mol. The number of nitrogens with one attached hydrogen (secondary N) is 1. The number of carbonyl (C=O) groups excluding carboxylic acids is 1. The van der Waals surface area contributed by atoms with Crippen molar-refractivity contribution in [2.45, 2.75) is 4.90 Å². The Hall–Kier alpha value is -2.78. The topological polar surface area (TPSA) is 117 Å². The lowest BCUT2D eigenvalue weighted by atomic mass is 10.1. The van der Waals surface area contributed by atoms with E-state index < -0.39 is 15.9 Å². The van der Waals surface area contributed by atoms with Gasteiger partial charge in [-0.2, -0.15) is 0 Å². The molecule has 0 atom stereocenters. The Labute approximate surface area is 145 Å². The van der Waals surface area contributed by atoms with Gasteiger partial charge in [0.15, 0.2) is 0 Å². The third-order valence-corrected chi connectivity index (χ3v) is 4.33. The molecule has 1 amide bonds. The first-order valence-corrected chi connectivity index (χ1v) is 8.59. The number of methoxy groups -OCH3 is 3. The van der Waals surface area contributed by atoms with Crippen molar-refractivity contribution in [3.05, 3.63) is 42.0 Å². The summed E-state index contributed by atoms with van der Waals surface area (Å²) in [6, 6.07) is 8.81. The Bertz CT molecular complexity index is 895. The highest BCUT2D eigenvalue weighted by atomic mass is 32.2. The minimum absolute atomic E-state index is 0.0296. The molecule has 0 aliphatic rings. The highest BCUT2D eigenvalue weighted by molar-refractivity contribution is 7.89. The van der Waals surface area contributed by atoms with Gasteiger partial charge in [-0.15, -0.1) is 0 Å². The molecule has 0 bridgehead atoms. The van der Waals surface area contributed by atoms with E-state index in [0.29, 0.717) is 17.2 Å². The van der Waals surface area contributed by atoms with Gasteiger partial charge >= 0.3 is 0 Å². The fourth-order valence-electron chi connectivity index (χ4n) is 2.16. The average molecular weight is 366 g/mol. The number of primary sulfonamides is 1. The van der Waals surface area contributed by atoms with Gasteiger partial charge < -0.3 is 19.5 Å². The summed E-state index contributed by atoms with van der Waals surface area (Å²) in [5.74, 6) is 0.476. The van der Waals surface area contributed by atoms with Crippen molar-refractivity contribution in [1.29, 1.82) is 0 Å². The van der Waals surface area contributed by atoms with Crippen LogP contribution in [0.4, 0.5) is 5.69 Å². The summed E-state index contributed by atoms with van der Waals surface area (Å²) in [5.41, 5.74) is 0.630. The molecule has 2 aromatic rings. The maximum Gasteiger partial charge on any atom is 0.259 e. The van der Waals surface area contributed by atoms with Crippen molar-refractivity contribution >= 4 is 21.6 Å². The highest BCUT2D eigenvalue weighted by Gasteiger charge is 2.17. The zero-order chi connectivity index (χ0) is 18.6. The van der Waals surface area contributed by atoms with Crippen LogP contribution in [0.25, 0.3) is 0 Å². The second kappa shape index (κ2) is 7.41. The number of hydrogen-bond acceptors (Lipinski definition) is 6. The number of anilines is 1. The zero-order valence-electron chi connectivity index (χ0n) is 13.9. The van der Waals surface area contributed by atoms with Crippen molar-refractivity contribution in [1.82, 2.24) is 0 Å². The van der Waals surface area contributed by atoms with Gasteiger partial charge in [0.25, 0.3) is 5.91 Å². The Balaban J connectivity index is 2.32. The standard InChI is InChI=1S/C16H18N2O6S/c1-22-11-5-6-12(13(9-11)23-2)16(19)18-10-4-7-15(25(17,20)21)14(8-10)24-3/h4-9H,1-3H3,(H,18,19)(H2,17,20,21). The van der Waals surface area contributed by atoms with Crippen LogP contribution in [0.3, 0.4) is 0 Å². The number of ether oxygens (including phenoxy) is 3. The van der Waals surface area contributed by atoms with E-state index in [-0.39, 0.29) is 16.2 Å². The summed E-state index contributed by atoms with van der Waals surface area (Å²) in [6.45, 7) is 0. The largest absolute Gasteiger partial charge is 0.497 e. The van der Waals surface area contributed by atoms with Crippen LogP contribution in [0.5, 0.6) is 17.2 Å². The van der Waals surface area contributed by atoms with Gasteiger partial charge in [0, 0.05) is 17.8 Å². The van der Waals surface area contributed by atoms with Gasteiger partial charge in [0.05, 0.1) is 26.9 Å². The number of hydrogen-bond donors (Lipinski definition) is 2. The maximum absolute atomic E-state index is 12.5. The number of amides is 1. The van der Waals surface area contributed by atoms with Crippen molar-refractivity contribution in [3.63, 3.8) is 0 Å². The Morgan fingerprint density at radius 2 is 1.64 bits per heavy atom. The molecule has 0 heterocycles. The van der Waals surface area contributed by atoms with Crippen LogP contribution in [0.1, 0.15) is 10.4 Å². The molecule has 0 saturated carbocycles. The van der Waals surface area contributed by atoms with Crippen molar-refractivity contribution in [3.8, 4) is 17.2 Å². The summed E-state index contributed by atoms with van der Waals surface area (Å²) in [4.78, 5) is 12.3. The first kappa shape index (κ1) is 18.6. The smallest absolute Gasteiger partial charge is 0.259 e. The molecule has 8 nitrogen and oxygen atoms in total. The van der Waals surface area contributed by atoms with Crippen LogP contribution in [-0.2, 0) is 10.0 Å². The lowest BCUT2D eigenvalue weighted by Gasteiger charge is -2.12. The average Bonchev–Trinajstić information content (AvgIpc) is 2.59. The van der Waals surface area contributed by atoms with Gasteiger partial charge in [-0.3, -0.25) is 4.79 Å². The van der Waals surface area contributed by atoms with E-state index >= 15 is 0 Å². The van der Waals surface area contributed by atoms with Gasteiger partial charge in [0.1, 0.15) is 22.1 Å². The van der Waals surface area contributed by atoms with E-state index in [4.69, 9.17) is 19.3 Å². The number of benzene rings is 2. The second-order valence-corrected chi connectivity index (χ2v) is 6.46. The van der Waals surface area contributed by atoms with Crippen LogP contribution in [-0.4, -0.2) is 35.7 Å². The normalized spacial score (nSPS) is 10.9. The van der Waals surface area contributed by atoms with E-state index in [1.54, 1.807) is 18.2 Å². The molecule has 2 aromatic carbocycles. The third kappa shape index (κ3) is 4.20. The van der Waals surface area contributed by atoms with E-state index in [2.05, 4.69) is 5.32 Å². The molecule has 0 aromatic heterocycles. The molecule has 2 rings (SSSR count). The van der Waals surface area contributed by atoms with Gasteiger partial charge in [-0.25, -0.2) is 13.6 Å². The van der Waals surface area contributed by atoms with Crippen molar-refractivity contribution in [2.75, 3.05) is 26.6 Å². The molecular weight excluding hydrogens is 348 g/mol. The quantitative estimate of drug-likeness (QED) is 0.802. The minimum atomic E-state index is -3.93. The number of rotatable bonds is 6. The first-order chi connectivity index (χ1) is 11.8. The molecule has 25 heavy (non-hydrogen) atoms. The summed E-state index contributed by atoms with van der Waals surface area (Å²) in [6.07, 6.45) is 0. The molecule has 0 radical (unpaired) electrons. The van der Waals surface area contributed by atoms with Crippen LogP contribution in [0.2, 0.25) is 0 Å². The second-order valence-electron chi connectivity index (χ2n) is 4.93. The molecule has 0 fully saturated rings. The summed E-state index contributed by atoms with van der Waals surface area (Å²) in [5, 5.41) is 7.77. The molecule has 0 aliphatic carbocycles. The Morgan fingerprint density at radius 3 is 2.20 bits per heavy atom. The summed E-state index contributed by atoms with van der Waals surface area (Å²) >= 11 is 0. The molecule has 9 heteroatoms. The van der Waals surface area contributed by atoms with E-state index in [9.17, 15) is 13.2 Å². The Morgan fingerprint density at radius 1 is 0.960 bits per heavy atom. The molecule has 0 spiro atoms. The van der Waals surface area contributed by atoms with E-state index in [0.717, 1.165) is 0 Å². The molecule has 0 aliphatic heterocycles. The Kier molecular flexibility index (Phi) is 5.50. The van der Waals surface area contributed by atoms with Crippen LogP contribution >= 0.6 is 0 Å². The predicted molar refractivity (Wildman–Crippen MR) is 91.9 cm³/mol. The molecule has 0 unspecified atom stereocenters. The van der Waals surface area contributed by atoms with Gasteiger partial charge in [-0.05, 0) is 24.3 Å². The highest BCUT2D eigenvalue weighted by Crippen LogP contribution is 2.28. The molecule has 134 valence electrons. The number of sulfonamides is 1. The fraction of sp³-hybridized carbons (Fsp3) is 0.188. The van der Waals surface area contributed by atoms with Gasteiger partial charge in [0.2, 0.25) is 10.0 Å². The van der Waals surface area contributed by atoms with Crippen LogP contribution in [0, 0.1) is 0 Å². The molecule has 0 saturated heterocycles. The zero-order valence-corrected chi connectivity index (χ0v) is 14.7. The van der Waals surface area contributed by atoms with E-state index in [1.165, 1.54) is 39.5 Å². The summed E-state index contributed by atoms with van der Waals surface area (Å²) < 4.78 is 38.3. The van der Waals surface area contributed by atoms with Crippen LogP contribution < -0.4 is 24.7 Å². The lowest BCUT2D eigenvalue weighted by Crippen LogP contribution is -2.15. The van der Waals surface area contributed by atoms with Gasteiger partial charge in [-0.1, -0.05) is 0 Å². The number of carbonyl (C=O) groups is 1. The van der Waals surface area contributed by atoms with Crippen molar-refractivity contribution < 1.29 is 27.4 Å². The summed E-state index contributed by atoms with van der Waals surface area (Å²) in [7, 11) is 0.322. The van der Waals surface area contributed by atoms with Crippen molar-refractivity contribution in [2.24, 2.45) is 5.14 Å². The fourth-order valence-corrected chi connectivity index (χ4v) is 2.85. The van der Waals surface area contributed by atoms with Crippen LogP contribution in [0.15, 0.2) is 41.3 Å². The molecular formula is C16H18N2O6S. The SMILES string of the molecule is COc1ccc(C(=O)Nc2ccc(S(N)(=O)=O)c(OC)c2)c(OC)c1. The molecule has 3 N–H and O–H groups in total. The number of nitrogens with two attached hydrogens (primary N) is 1. The lowest BCUT2D eigenvalue weighted by molar-refractivity contribution is 0.102.